The molecular weight excluding hydrogens is 344 g/mol. The average molecular weight is 373 g/mol. The first-order chi connectivity index (χ1) is 12.5. The van der Waals surface area contributed by atoms with E-state index in [1.165, 1.54) is 5.56 Å². The standard InChI is InChI=1S/C21H28N2O2S/c1-18-10-11-21(19(2)17-18)26(24,25)23-15-13-22(14-16-23)12-6-9-20-7-4-3-5-8-20/h3-5,7-8,10-11,17H,6,9,12-16H2,1-2H3. The minimum atomic E-state index is -3.39. The summed E-state index contributed by atoms with van der Waals surface area (Å²) >= 11 is 0. The fourth-order valence-electron chi connectivity index (χ4n) is 3.57. The number of piperazine rings is 1. The first kappa shape index (κ1) is 19.1. The lowest BCUT2D eigenvalue weighted by Gasteiger charge is -2.34. The van der Waals surface area contributed by atoms with E-state index < -0.39 is 10.0 Å². The fraction of sp³-hybridized carbons (Fsp3) is 0.429. The summed E-state index contributed by atoms with van der Waals surface area (Å²) in [5, 5.41) is 0. The third-order valence-electron chi connectivity index (χ3n) is 5.06. The monoisotopic (exact) mass is 372 g/mol. The molecular formula is C21H28N2O2S. The Morgan fingerprint density at radius 3 is 2.27 bits per heavy atom. The number of nitrogens with zero attached hydrogens (tertiary/aromatic N) is 2. The SMILES string of the molecule is Cc1ccc(S(=O)(=O)N2CCN(CCCc3ccccc3)CC2)c(C)c1. The predicted molar refractivity (Wildman–Crippen MR) is 106 cm³/mol. The molecule has 1 aliphatic heterocycles. The van der Waals surface area contributed by atoms with Gasteiger partial charge in [-0.3, -0.25) is 0 Å². The Morgan fingerprint density at radius 2 is 1.62 bits per heavy atom. The predicted octanol–water partition coefficient (Wildman–Crippen LogP) is 3.24. The highest BCUT2D eigenvalue weighted by atomic mass is 32.2. The van der Waals surface area contributed by atoms with E-state index in [1.54, 1.807) is 10.4 Å². The van der Waals surface area contributed by atoms with Crippen LogP contribution in [0.5, 0.6) is 0 Å². The van der Waals surface area contributed by atoms with Crippen LogP contribution in [0.15, 0.2) is 53.4 Å². The van der Waals surface area contributed by atoms with Crippen molar-refractivity contribution in [2.45, 2.75) is 31.6 Å². The van der Waals surface area contributed by atoms with E-state index >= 15 is 0 Å². The molecule has 4 nitrogen and oxygen atoms in total. The van der Waals surface area contributed by atoms with Gasteiger partial charge in [-0.05, 0) is 50.4 Å². The van der Waals surface area contributed by atoms with Gasteiger partial charge in [0.25, 0.3) is 0 Å². The summed E-state index contributed by atoms with van der Waals surface area (Å²) < 4.78 is 27.5. The molecule has 0 radical (unpaired) electrons. The van der Waals surface area contributed by atoms with E-state index in [-0.39, 0.29) is 0 Å². The molecule has 2 aromatic rings. The summed E-state index contributed by atoms with van der Waals surface area (Å²) in [4.78, 5) is 2.82. The minimum absolute atomic E-state index is 0.445. The zero-order valence-corrected chi connectivity index (χ0v) is 16.5. The van der Waals surface area contributed by atoms with Gasteiger partial charge in [0, 0.05) is 26.2 Å². The molecule has 0 saturated carbocycles. The Balaban J connectivity index is 1.53. The third-order valence-corrected chi connectivity index (χ3v) is 7.12. The zero-order chi connectivity index (χ0) is 18.6. The molecule has 0 bridgehead atoms. The molecule has 26 heavy (non-hydrogen) atoms. The first-order valence-corrected chi connectivity index (χ1v) is 10.7. The van der Waals surface area contributed by atoms with Crippen molar-refractivity contribution < 1.29 is 8.42 Å². The van der Waals surface area contributed by atoms with Crippen LogP contribution >= 0.6 is 0 Å². The third kappa shape index (κ3) is 4.53. The number of hydrogen-bond acceptors (Lipinski definition) is 3. The van der Waals surface area contributed by atoms with Gasteiger partial charge in [-0.15, -0.1) is 0 Å². The topological polar surface area (TPSA) is 40.6 Å². The number of hydrogen-bond donors (Lipinski definition) is 0. The van der Waals surface area contributed by atoms with Gasteiger partial charge in [0.1, 0.15) is 0 Å². The molecule has 1 heterocycles. The van der Waals surface area contributed by atoms with Crippen molar-refractivity contribution in [3.05, 3.63) is 65.2 Å². The Morgan fingerprint density at radius 1 is 0.923 bits per heavy atom. The molecule has 3 rings (SSSR count). The Kier molecular flexibility index (Phi) is 6.12. The Hall–Kier alpha value is -1.69. The second-order valence-corrected chi connectivity index (χ2v) is 9.01. The summed E-state index contributed by atoms with van der Waals surface area (Å²) in [6.45, 7) is 7.63. The molecule has 0 atom stereocenters. The smallest absolute Gasteiger partial charge is 0.243 e. The molecule has 0 N–H and O–H groups in total. The quantitative estimate of drug-likeness (QED) is 0.782. The van der Waals surface area contributed by atoms with Crippen LogP contribution in [0.25, 0.3) is 0 Å². The molecule has 1 aliphatic rings. The van der Waals surface area contributed by atoms with Crippen molar-refractivity contribution >= 4 is 10.0 Å². The molecule has 0 aliphatic carbocycles. The van der Waals surface area contributed by atoms with Crippen molar-refractivity contribution in [2.75, 3.05) is 32.7 Å². The highest BCUT2D eigenvalue weighted by Crippen LogP contribution is 2.22. The molecule has 0 unspecified atom stereocenters. The van der Waals surface area contributed by atoms with Crippen LogP contribution in [0.1, 0.15) is 23.1 Å². The van der Waals surface area contributed by atoms with Gasteiger partial charge < -0.3 is 4.90 Å². The van der Waals surface area contributed by atoms with E-state index in [0.29, 0.717) is 18.0 Å². The van der Waals surface area contributed by atoms with Gasteiger partial charge in [-0.25, -0.2) is 8.42 Å². The molecule has 5 heteroatoms. The highest BCUT2D eigenvalue weighted by molar-refractivity contribution is 7.89. The molecule has 1 saturated heterocycles. The molecule has 2 aromatic carbocycles. The van der Waals surface area contributed by atoms with Gasteiger partial charge in [0.2, 0.25) is 10.0 Å². The molecule has 0 aromatic heterocycles. The van der Waals surface area contributed by atoms with Gasteiger partial charge in [-0.1, -0.05) is 48.0 Å². The van der Waals surface area contributed by atoms with Crippen LogP contribution in [0.4, 0.5) is 0 Å². The van der Waals surface area contributed by atoms with Gasteiger partial charge in [0.05, 0.1) is 4.90 Å². The summed E-state index contributed by atoms with van der Waals surface area (Å²) in [6, 6.07) is 16.1. The van der Waals surface area contributed by atoms with Crippen molar-refractivity contribution in [1.82, 2.24) is 9.21 Å². The van der Waals surface area contributed by atoms with Gasteiger partial charge >= 0.3 is 0 Å². The number of aryl methyl sites for hydroxylation is 3. The largest absolute Gasteiger partial charge is 0.301 e. The first-order valence-electron chi connectivity index (χ1n) is 9.30. The number of sulfonamides is 1. The average Bonchev–Trinajstić information content (AvgIpc) is 2.63. The lowest BCUT2D eigenvalue weighted by Crippen LogP contribution is -2.48. The lowest BCUT2D eigenvalue weighted by molar-refractivity contribution is 0.187. The summed E-state index contributed by atoms with van der Waals surface area (Å²) in [6.07, 6.45) is 2.18. The van der Waals surface area contributed by atoms with Crippen LogP contribution in [0.2, 0.25) is 0 Å². The number of rotatable bonds is 6. The molecule has 140 valence electrons. The maximum absolute atomic E-state index is 12.9. The lowest BCUT2D eigenvalue weighted by atomic mass is 10.1. The normalized spacial score (nSPS) is 16.7. The summed E-state index contributed by atoms with van der Waals surface area (Å²) in [5.41, 5.74) is 3.28. The zero-order valence-electron chi connectivity index (χ0n) is 15.7. The minimum Gasteiger partial charge on any atom is -0.301 e. The summed E-state index contributed by atoms with van der Waals surface area (Å²) in [5.74, 6) is 0. The maximum Gasteiger partial charge on any atom is 0.243 e. The van der Waals surface area contributed by atoms with E-state index in [0.717, 1.165) is 43.6 Å². The molecule has 1 fully saturated rings. The van der Waals surface area contributed by atoms with E-state index in [1.807, 2.05) is 32.0 Å². The second-order valence-electron chi connectivity index (χ2n) is 7.10. The molecule has 0 amide bonds. The van der Waals surface area contributed by atoms with Crippen LogP contribution in [0, 0.1) is 13.8 Å². The summed E-state index contributed by atoms with van der Waals surface area (Å²) in [7, 11) is -3.39. The van der Waals surface area contributed by atoms with Crippen LogP contribution in [-0.4, -0.2) is 50.3 Å². The number of benzene rings is 2. The maximum atomic E-state index is 12.9. The van der Waals surface area contributed by atoms with E-state index in [2.05, 4.69) is 29.2 Å². The van der Waals surface area contributed by atoms with Crippen LogP contribution in [0.3, 0.4) is 0 Å². The van der Waals surface area contributed by atoms with E-state index in [9.17, 15) is 8.42 Å². The Bertz CT molecular complexity index is 826. The van der Waals surface area contributed by atoms with Crippen LogP contribution < -0.4 is 0 Å². The Labute approximate surface area is 157 Å². The van der Waals surface area contributed by atoms with Crippen molar-refractivity contribution in [2.24, 2.45) is 0 Å². The van der Waals surface area contributed by atoms with Crippen molar-refractivity contribution in [3.63, 3.8) is 0 Å². The van der Waals surface area contributed by atoms with Gasteiger partial charge in [0.15, 0.2) is 0 Å². The van der Waals surface area contributed by atoms with Crippen molar-refractivity contribution in [1.29, 1.82) is 0 Å². The van der Waals surface area contributed by atoms with Crippen molar-refractivity contribution in [3.8, 4) is 0 Å². The van der Waals surface area contributed by atoms with Gasteiger partial charge in [-0.2, -0.15) is 4.31 Å². The second kappa shape index (κ2) is 8.33. The molecule has 0 spiro atoms. The fourth-order valence-corrected chi connectivity index (χ4v) is 5.20. The van der Waals surface area contributed by atoms with Crippen LogP contribution in [-0.2, 0) is 16.4 Å². The van der Waals surface area contributed by atoms with E-state index in [4.69, 9.17) is 0 Å². The highest BCUT2D eigenvalue weighted by Gasteiger charge is 2.29.